The van der Waals surface area contributed by atoms with Gasteiger partial charge in [-0.3, -0.25) is 14.6 Å². The van der Waals surface area contributed by atoms with E-state index in [1.165, 1.54) is 4.90 Å². The van der Waals surface area contributed by atoms with Crippen molar-refractivity contribution in [2.24, 2.45) is 5.41 Å². The smallest absolute Gasteiger partial charge is 0.317 e. The van der Waals surface area contributed by atoms with Crippen LogP contribution < -0.4 is 10.2 Å². The standard InChI is InChI=1S/C21H24N4O4/c1-21(19(27)28)9-12-25(14-21)20(29)23-13-15-3-5-17(6-4-15)24(2)18(26)16-7-10-22-11-8-16/h3-8,10-11H,9,12-14H2,1-2H3,(H,23,29)(H,27,28). The van der Waals surface area contributed by atoms with Crippen molar-refractivity contribution in [2.45, 2.75) is 19.9 Å². The van der Waals surface area contributed by atoms with E-state index >= 15 is 0 Å². The summed E-state index contributed by atoms with van der Waals surface area (Å²) in [5.41, 5.74) is 1.29. The van der Waals surface area contributed by atoms with Crippen LogP contribution in [-0.4, -0.2) is 53.0 Å². The van der Waals surface area contributed by atoms with E-state index in [0.29, 0.717) is 25.1 Å². The van der Waals surface area contributed by atoms with E-state index in [2.05, 4.69) is 10.3 Å². The molecule has 2 N–H and O–H groups in total. The molecule has 0 bridgehead atoms. The predicted octanol–water partition coefficient (Wildman–Crippen LogP) is 2.36. The maximum absolute atomic E-state index is 12.5. The van der Waals surface area contributed by atoms with Gasteiger partial charge in [0.25, 0.3) is 5.91 Å². The van der Waals surface area contributed by atoms with E-state index in [1.54, 1.807) is 43.4 Å². The monoisotopic (exact) mass is 396 g/mol. The molecule has 29 heavy (non-hydrogen) atoms. The van der Waals surface area contributed by atoms with Gasteiger partial charge in [-0.25, -0.2) is 4.79 Å². The number of carbonyl (C=O) groups excluding carboxylic acids is 2. The Hall–Kier alpha value is -3.42. The zero-order valence-corrected chi connectivity index (χ0v) is 16.5. The third kappa shape index (κ3) is 4.53. The molecule has 8 heteroatoms. The van der Waals surface area contributed by atoms with Crippen molar-refractivity contribution in [3.63, 3.8) is 0 Å². The Morgan fingerprint density at radius 3 is 2.41 bits per heavy atom. The quantitative estimate of drug-likeness (QED) is 0.808. The van der Waals surface area contributed by atoms with Gasteiger partial charge in [0.15, 0.2) is 0 Å². The molecule has 3 rings (SSSR count). The highest BCUT2D eigenvalue weighted by atomic mass is 16.4. The molecular formula is C21H24N4O4. The van der Waals surface area contributed by atoms with Crippen molar-refractivity contribution in [2.75, 3.05) is 25.0 Å². The molecule has 1 saturated heterocycles. The van der Waals surface area contributed by atoms with Crippen molar-refractivity contribution < 1.29 is 19.5 Å². The first-order valence-corrected chi connectivity index (χ1v) is 9.33. The number of rotatable bonds is 5. The molecule has 0 spiro atoms. The third-order valence-electron chi connectivity index (χ3n) is 5.28. The molecule has 1 aromatic heterocycles. The molecule has 1 unspecified atom stereocenters. The number of pyridine rings is 1. The molecule has 2 aromatic rings. The van der Waals surface area contributed by atoms with Crippen molar-refractivity contribution in [3.05, 3.63) is 59.9 Å². The summed E-state index contributed by atoms with van der Waals surface area (Å²) >= 11 is 0. The summed E-state index contributed by atoms with van der Waals surface area (Å²) in [6, 6.07) is 10.4. The maximum Gasteiger partial charge on any atom is 0.317 e. The van der Waals surface area contributed by atoms with Gasteiger partial charge in [0.1, 0.15) is 0 Å². The van der Waals surface area contributed by atoms with Gasteiger partial charge in [0, 0.05) is 50.3 Å². The van der Waals surface area contributed by atoms with Gasteiger partial charge in [-0.15, -0.1) is 0 Å². The number of carboxylic acid groups (broad SMARTS) is 1. The number of aliphatic carboxylic acids is 1. The number of aromatic nitrogens is 1. The number of hydrogen-bond acceptors (Lipinski definition) is 4. The van der Waals surface area contributed by atoms with Gasteiger partial charge in [0.05, 0.1) is 5.41 Å². The third-order valence-corrected chi connectivity index (χ3v) is 5.28. The van der Waals surface area contributed by atoms with E-state index < -0.39 is 11.4 Å². The first-order valence-electron chi connectivity index (χ1n) is 9.33. The normalized spacial score (nSPS) is 18.3. The molecule has 3 amide bonds. The first kappa shape index (κ1) is 20.3. The summed E-state index contributed by atoms with van der Waals surface area (Å²) in [7, 11) is 1.70. The number of nitrogens with one attached hydrogen (secondary N) is 1. The van der Waals surface area contributed by atoms with Crippen LogP contribution in [0.3, 0.4) is 0 Å². The number of anilines is 1. The minimum absolute atomic E-state index is 0.135. The molecule has 8 nitrogen and oxygen atoms in total. The van der Waals surface area contributed by atoms with Crippen LogP contribution in [0.15, 0.2) is 48.8 Å². The van der Waals surface area contributed by atoms with Crippen LogP contribution in [0.2, 0.25) is 0 Å². The molecule has 1 aliphatic rings. The largest absolute Gasteiger partial charge is 0.481 e. The summed E-state index contributed by atoms with van der Waals surface area (Å²) in [6.07, 6.45) is 3.60. The summed E-state index contributed by atoms with van der Waals surface area (Å²) in [5.74, 6) is -1.02. The lowest BCUT2D eigenvalue weighted by Crippen LogP contribution is -2.40. The Morgan fingerprint density at radius 2 is 1.83 bits per heavy atom. The van der Waals surface area contributed by atoms with E-state index in [1.807, 2.05) is 24.3 Å². The number of urea groups is 1. The molecule has 2 heterocycles. The van der Waals surface area contributed by atoms with Crippen LogP contribution in [0.25, 0.3) is 0 Å². The molecular weight excluding hydrogens is 372 g/mol. The SMILES string of the molecule is CN(C(=O)c1ccncc1)c1ccc(CNC(=O)N2CCC(C)(C(=O)O)C2)cc1. The predicted molar refractivity (Wildman–Crippen MR) is 108 cm³/mol. The van der Waals surface area contributed by atoms with E-state index in [-0.39, 0.29) is 18.5 Å². The van der Waals surface area contributed by atoms with Crippen molar-refractivity contribution in [1.29, 1.82) is 0 Å². The Labute approximate surface area is 169 Å². The lowest BCUT2D eigenvalue weighted by molar-refractivity contribution is -0.147. The fourth-order valence-electron chi connectivity index (χ4n) is 3.24. The van der Waals surface area contributed by atoms with Crippen molar-refractivity contribution in [1.82, 2.24) is 15.2 Å². The summed E-state index contributed by atoms with van der Waals surface area (Å²) in [5, 5.41) is 12.1. The number of nitrogens with zero attached hydrogens (tertiary/aromatic N) is 3. The second-order valence-corrected chi connectivity index (χ2v) is 7.46. The second kappa shape index (κ2) is 8.30. The second-order valence-electron chi connectivity index (χ2n) is 7.46. The number of amides is 3. The van der Waals surface area contributed by atoms with E-state index in [0.717, 1.165) is 11.3 Å². The van der Waals surface area contributed by atoms with E-state index in [9.17, 15) is 19.5 Å². The number of carbonyl (C=O) groups is 3. The number of benzene rings is 1. The molecule has 0 radical (unpaired) electrons. The van der Waals surface area contributed by atoms with Gasteiger partial charge in [-0.05, 0) is 43.2 Å². The van der Waals surface area contributed by atoms with Crippen LogP contribution in [-0.2, 0) is 11.3 Å². The van der Waals surface area contributed by atoms with Crippen LogP contribution in [0.5, 0.6) is 0 Å². The Kier molecular flexibility index (Phi) is 5.81. The van der Waals surface area contributed by atoms with Crippen LogP contribution in [0.4, 0.5) is 10.5 Å². The Bertz CT molecular complexity index is 901. The Morgan fingerprint density at radius 1 is 1.17 bits per heavy atom. The fraction of sp³-hybridized carbons (Fsp3) is 0.333. The maximum atomic E-state index is 12.5. The molecule has 1 fully saturated rings. The lowest BCUT2D eigenvalue weighted by Gasteiger charge is -2.21. The molecule has 152 valence electrons. The summed E-state index contributed by atoms with van der Waals surface area (Å²) in [4.78, 5) is 43.1. The first-order chi connectivity index (χ1) is 13.8. The minimum atomic E-state index is -0.884. The average molecular weight is 396 g/mol. The van der Waals surface area contributed by atoms with Gasteiger partial charge in [0.2, 0.25) is 0 Å². The number of likely N-dealkylation sites (tertiary alicyclic amines) is 1. The highest BCUT2D eigenvalue weighted by Crippen LogP contribution is 2.30. The van der Waals surface area contributed by atoms with Gasteiger partial charge >= 0.3 is 12.0 Å². The van der Waals surface area contributed by atoms with Gasteiger partial charge in [-0.1, -0.05) is 12.1 Å². The topological polar surface area (TPSA) is 103 Å². The average Bonchev–Trinajstić information content (AvgIpc) is 3.16. The Balaban J connectivity index is 1.55. The van der Waals surface area contributed by atoms with E-state index in [4.69, 9.17) is 0 Å². The van der Waals surface area contributed by atoms with Crippen molar-refractivity contribution >= 4 is 23.6 Å². The lowest BCUT2D eigenvalue weighted by atomic mass is 9.90. The zero-order chi connectivity index (χ0) is 21.0. The van der Waals surface area contributed by atoms with Crippen molar-refractivity contribution in [3.8, 4) is 0 Å². The van der Waals surface area contributed by atoms with Gasteiger partial charge in [-0.2, -0.15) is 0 Å². The van der Waals surface area contributed by atoms with Gasteiger partial charge < -0.3 is 20.2 Å². The van der Waals surface area contributed by atoms with Crippen LogP contribution >= 0.6 is 0 Å². The summed E-state index contributed by atoms with van der Waals surface area (Å²) in [6.45, 7) is 2.61. The molecule has 1 atom stereocenters. The minimum Gasteiger partial charge on any atom is -0.481 e. The summed E-state index contributed by atoms with van der Waals surface area (Å²) < 4.78 is 0. The van der Waals surface area contributed by atoms with Crippen LogP contribution in [0, 0.1) is 5.41 Å². The highest BCUT2D eigenvalue weighted by molar-refractivity contribution is 6.05. The highest BCUT2D eigenvalue weighted by Gasteiger charge is 2.42. The molecule has 0 saturated carbocycles. The molecule has 1 aliphatic heterocycles. The fourth-order valence-corrected chi connectivity index (χ4v) is 3.24. The van der Waals surface area contributed by atoms with Crippen LogP contribution in [0.1, 0.15) is 29.3 Å². The number of hydrogen-bond donors (Lipinski definition) is 2. The zero-order valence-electron chi connectivity index (χ0n) is 16.5. The molecule has 0 aliphatic carbocycles. The number of carboxylic acids is 1. The molecule has 1 aromatic carbocycles.